The molecule has 0 amide bonds. The molecule has 1 heterocycles. The van der Waals surface area contributed by atoms with E-state index in [0.29, 0.717) is 23.8 Å². The van der Waals surface area contributed by atoms with Gasteiger partial charge in [0, 0.05) is 37.5 Å². The van der Waals surface area contributed by atoms with Crippen LogP contribution in [-0.4, -0.2) is 54.3 Å². The van der Waals surface area contributed by atoms with E-state index < -0.39 is 22.7 Å². The molecule has 38 heavy (non-hydrogen) atoms. The fraction of sp³-hybridized carbons (Fsp3) is 0.414. The molecule has 204 valence electrons. The Kier molecular flexibility index (Phi) is 8.60. The fourth-order valence-electron chi connectivity index (χ4n) is 4.87. The van der Waals surface area contributed by atoms with Gasteiger partial charge in [0.15, 0.2) is 0 Å². The average Bonchev–Trinajstić information content (AvgIpc) is 3.67. The third-order valence-corrected chi connectivity index (χ3v) is 9.06. The van der Waals surface area contributed by atoms with E-state index in [9.17, 15) is 18.3 Å². The zero-order valence-corrected chi connectivity index (χ0v) is 23.3. The Morgan fingerprint density at radius 2 is 1.79 bits per heavy atom. The number of ether oxygens (including phenoxy) is 2. The molecular formula is C29H36N2O6S. The van der Waals surface area contributed by atoms with E-state index in [4.69, 9.17) is 9.47 Å². The predicted octanol–water partition coefficient (Wildman–Crippen LogP) is 4.97. The Hall–Kier alpha value is -3.14. The molecular weight excluding hydrogens is 504 g/mol. The SMILES string of the molecule is CCN(CC)S(=O)(=O)N(CC(=O)O)Cc1cccc(OCCC2=C(C)OC(c3ccc(C)cc3)=C3CC23)c1. The first-order chi connectivity index (χ1) is 18.1. The van der Waals surface area contributed by atoms with Crippen molar-refractivity contribution in [2.24, 2.45) is 5.92 Å². The molecule has 1 unspecified atom stereocenters. The lowest BCUT2D eigenvalue weighted by Gasteiger charge is -2.27. The number of hydrogen-bond donors (Lipinski definition) is 1. The number of hydrogen-bond acceptors (Lipinski definition) is 5. The summed E-state index contributed by atoms with van der Waals surface area (Å²) in [6.45, 7) is 7.86. The molecule has 2 aliphatic rings. The summed E-state index contributed by atoms with van der Waals surface area (Å²) in [5, 5.41) is 9.32. The second kappa shape index (κ2) is 11.7. The lowest BCUT2D eigenvalue weighted by Crippen LogP contribution is -2.45. The van der Waals surface area contributed by atoms with Crippen LogP contribution in [0.1, 0.15) is 50.3 Å². The Balaban J connectivity index is 1.38. The number of fused-ring (bicyclic) bond motifs is 1. The van der Waals surface area contributed by atoms with Gasteiger partial charge in [-0.15, -0.1) is 0 Å². The molecule has 1 fully saturated rings. The first-order valence-electron chi connectivity index (χ1n) is 13.0. The van der Waals surface area contributed by atoms with Crippen molar-refractivity contribution in [2.45, 2.75) is 47.1 Å². The van der Waals surface area contributed by atoms with E-state index in [1.54, 1.807) is 32.0 Å². The number of aliphatic carboxylic acids is 1. The predicted molar refractivity (Wildman–Crippen MR) is 146 cm³/mol. The maximum atomic E-state index is 13.0. The number of allylic oxidation sites excluding steroid dienone is 2. The van der Waals surface area contributed by atoms with Gasteiger partial charge in [-0.05, 0) is 49.1 Å². The molecule has 0 bridgehead atoms. The van der Waals surface area contributed by atoms with Crippen molar-refractivity contribution in [3.8, 4) is 5.75 Å². The number of nitrogens with zero attached hydrogens (tertiary/aromatic N) is 2. The molecule has 0 spiro atoms. The number of carboxylic acids is 1. The van der Waals surface area contributed by atoms with Crippen LogP contribution in [0, 0.1) is 12.8 Å². The van der Waals surface area contributed by atoms with Gasteiger partial charge in [-0.1, -0.05) is 55.8 Å². The van der Waals surface area contributed by atoms with Crippen LogP contribution in [0.3, 0.4) is 0 Å². The maximum Gasteiger partial charge on any atom is 0.318 e. The van der Waals surface area contributed by atoms with Crippen LogP contribution in [0.4, 0.5) is 0 Å². The fourth-order valence-corrected chi connectivity index (χ4v) is 6.44. The van der Waals surface area contributed by atoms with Crippen LogP contribution in [0.2, 0.25) is 0 Å². The number of carbonyl (C=O) groups is 1. The largest absolute Gasteiger partial charge is 0.493 e. The van der Waals surface area contributed by atoms with E-state index in [0.717, 1.165) is 34.2 Å². The highest BCUT2D eigenvalue weighted by Gasteiger charge is 2.42. The second-order valence-corrected chi connectivity index (χ2v) is 11.6. The molecule has 1 aliphatic heterocycles. The van der Waals surface area contributed by atoms with E-state index in [-0.39, 0.29) is 19.6 Å². The molecule has 2 aromatic rings. The molecule has 8 nitrogen and oxygen atoms in total. The number of benzene rings is 2. The van der Waals surface area contributed by atoms with Crippen LogP contribution in [-0.2, 0) is 26.3 Å². The highest BCUT2D eigenvalue weighted by molar-refractivity contribution is 7.86. The Morgan fingerprint density at radius 3 is 2.45 bits per heavy atom. The molecule has 1 saturated carbocycles. The van der Waals surface area contributed by atoms with E-state index in [2.05, 4.69) is 31.2 Å². The summed E-state index contributed by atoms with van der Waals surface area (Å²) >= 11 is 0. The maximum absolute atomic E-state index is 13.0. The van der Waals surface area contributed by atoms with Gasteiger partial charge in [-0.3, -0.25) is 4.79 Å². The van der Waals surface area contributed by atoms with Crippen molar-refractivity contribution >= 4 is 21.9 Å². The first-order valence-corrected chi connectivity index (χ1v) is 14.4. The van der Waals surface area contributed by atoms with E-state index in [1.807, 2.05) is 13.0 Å². The third-order valence-electron chi connectivity index (χ3n) is 6.99. The quantitative estimate of drug-likeness (QED) is 0.385. The van der Waals surface area contributed by atoms with E-state index >= 15 is 0 Å². The van der Waals surface area contributed by atoms with Crippen molar-refractivity contribution in [1.82, 2.24) is 8.61 Å². The Morgan fingerprint density at radius 1 is 1.08 bits per heavy atom. The standard InChI is InChI=1S/C29H36N2O6S/c1-5-30(6-2)38(34,35)31(19-28(32)33)18-22-8-7-9-24(16-22)36-15-14-25-21(4)37-29(27-17-26(25)27)23-12-10-20(3)11-13-23/h7-13,16,26H,5-6,14-15,17-19H2,1-4H3,(H,32,33). The Bertz CT molecular complexity index is 1340. The molecule has 1 aliphatic carbocycles. The normalized spacial score (nSPS) is 17.1. The van der Waals surface area contributed by atoms with Gasteiger partial charge in [-0.25, -0.2) is 0 Å². The van der Waals surface area contributed by atoms with Gasteiger partial charge in [0.25, 0.3) is 10.2 Å². The van der Waals surface area contributed by atoms with Crippen LogP contribution in [0.5, 0.6) is 5.75 Å². The Labute approximate surface area is 225 Å². The molecule has 0 aromatic heterocycles. The smallest absolute Gasteiger partial charge is 0.318 e. The number of aryl methyl sites for hydroxylation is 1. The summed E-state index contributed by atoms with van der Waals surface area (Å²) in [5.41, 5.74) is 5.58. The van der Waals surface area contributed by atoms with Crippen molar-refractivity contribution in [1.29, 1.82) is 0 Å². The number of rotatable bonds is 13. The highest BCUT2D eigenvalue weighted by atomic mass is 32.2. The van der Waals surface area contributed by atoms with Crippen LogP contribution < -0.4 is 4.74 Å². The van der Waals surface area contributed by atoms with Gasteiger partial charge >= 0.3 is 5.97 Å². The highest BCUT2D eigenvalue weighted by Crippen LogP contribution is 2.54. The van der Waals surface area contributed by atoms with Crippen LogP contribution in [0.15, 0.2) is 65.4 Å². The van der Waals surface area contributed by atoms with Crippen LogP contribution >= 0.6 is 0 Å². The zero-order chi connectivity index (χ0) is 27.4. The molecule has 9 heteroatoms. The van der Waals surface area contributed by atoms with Gasteiger partial charge in [-0.2, -0.15) is 17.0 Å². The van der Waals surface area contributed by atoms with Crippen molar-refractivity contribution < 1.29 is 27.8 Å². The van der Waals surface area contributed by atoms with Gasteiger partial charge < -0.3 is 14.6 Å². The minimum atomic E-state index is -3.91. The summed E-state index contributed by atoms with van der Waals surface area (Å²) in [5.74, 6) is 1.72. The average molecular weight is 541 g/mol. The zero-order valence-electron chi connectivity index (χ0n) is 22.4. The van der Waals surface area contributed by atoms with Crippen molar-refractivity contribution in [3.63, 3.8) is 0 Å². The minimum absolute atomic E-state index is 0.0571. The summed E-state index contributed by atoms with van der Waals surface area (Å²) in [6.07, 6.45) is 1.73. The molecule has 1 atom stereocenters. The minimum Gasteiger partial charge on any atom is -0.493 e. The third kappa shape index (κ3) is 6.28. The van der Waals surface area contributed by atoms with E-state index in [1.165, 1.54) is 21.0 Å². The van der Waals surface area contributed by atoms with Gasteiger partial charge in [0.2, 0.25) is 0 Å². The topological polar surface area (TPSA) is 96.4 Å². The molecule has 0 saturated heterocycles. The summed E-state index contributed by atoms with van der Waals surface area (Å²) in [6, 6.07) is 15.6. The molecule has 0 radical (unpaired) electrons. The first kappa shape index (κ1) is 27.9. The molecule has 1 N–H and O–H groups in total. The summed E-state index contributed by atoms with van der Waals surface area (Å²) in [4.78, 5) is 11.4. The van der Waals surface area contributed by atoms with Crippen LogP contribution in [0.25, 0.3) is 5.76 Å². The monoisotopic (exact) mass is 540 g/mol. The molecule has 2 aromatic carbocycles. The molecule has 4 rings (SSSR count). The summed E-state index contributed by atoms with van der Waals surface area (Å²) in [7, 11) is -3.91. The lowest BCUT2D eigenvalue weighted by molar-refractivity contribution is -0.137. The second-order valence-electron chi connectivity index (χ2n) is 9.66. The van der Waals surface area contributed by atoms with Crippen molar-refractivity contribution in [3.05, 3.63) is 82.1 Å². The van der Waals surface area contributed by atoms with Gasteiger partial charge in [0.05, 0.1) is 6.61 Å². The summed E-state index contributed by atoms with van der Waals surface area (Å²) < 4.78 is 40.5. The van der Waals surface area contributed by atoms with Gasteiger partial charge in [0.1, 0.15) is 23.8 Å². The van der Waals surface area contributed by atoms with Crippen molar-refractivity contribution in [2.75, 3.05) is 26.2 Å². The number of carboxylic acid groups (broad SMARTS) is 1. The lowest BCUT2D eigenvalue weighted by atomic mass is 10.0.